The van der Waals surface area contributed by atoms with E-state index in [4.69, 9.17) is 5.26 Å². The van der Waals surface area contributed by atoms with Crippen LogP contribution in [-0.4, -0.2) is 21.9 Å². The van der Waals surface area contributed by atoms with Crippen molar-refractivity contribution in [2.45, 2.75) is 6.54 Å². The van der Waals surface area contributed by atoms with Crippen LogP contribution >= 0.6 is 0 Å². The molecule has 0 fully saturated rings. The average molecular weight is 269 g/mol. The zero-order valence-electron chi connectivity index (χ0n) is 10.7. The van der Waals surface area contributed by atoms with Gasteiger partial charge in [-0.3, -0.25) is 20.1 Å². The summed E-state index contributed by atoms with van der Waals surface area (Å²) in [7, 11) is 1.79. The predicted octanol–water partition coefficient (Wildman–Crippen LogP) is 1.89. The first-order valence-electron chi connectivity index (χ1n) is 5.76. The summed E-state index contributed by atoms with van der Waals surface area (Å²) in [4.78, 5) is 20.1. The van der Waals surface area contributed by atoms with E-state index in [-0.39, 0.29) is 11.3 Å². The summed E-state index contributed by atoms with van der Waals surface area (Å²) >= 11 is 0. The number of non-ortho nitro benzene ring substituents is 1. The van der Waals surface area contributed by atoms with Crippen molar-refractivity contribution in [2.75, 3.05) is 11.9 Å². The van der Waals surface area contributed by atoms with Gasteiger partial charge >= 0.3 is 0 Å². The second kappa shape index (κ2) is 5.75. The minimum atomic E-state index is -0.521. The van der Waals surface area contributed by atoms with Gasteiger partial charge in [-0.05, 0) is 6.07 Å². The van der Waals surface area contributed by atoms with Crippen molar-refractivity contribution in [3.05, 3.63) is 58.2 Å². The van der Waals surface area contributed by atoms with Crippen molar-refractivity contribution in [1.82, 2.24) is 9.97 Å². The predicted molar refractivity (Wildman–Crippen MR) is 72.0 cm³/mol. The van der Waals surface area contributed by atoms with Gasteiger partial charge in [-0.1, -0.05) is 0 Å². The first-order chi connectivity index (χ1) is 9.61. The Balaban J connectivity index is 2.28. The highest BCUT2D eigenvalue weighted by Crippen LogP contribution is 2.24. The zero-order valence-corrected chi connectivity index (χ0v) is 10.7. The highest BCUT2D eigenvalue weighted by Gasteiger charge is 2.13. The maximum atomic E-state index is 10.7. The van der Waals surface area contributed by atoms with Gasteiger partial charge in [0.1, 0.15) is 6.07 Å². The normalized spacial score (nSPS) is 9.80. The fourth-order valence-electron chi connectivity index (χ4n) is 1.80. The molecule has 0 bridgehead atoms. The second-order valence-corrected chi connectivity index (χ2v) is 4.12. The quantitative estimate of drug-likeness (QED) is 0.621. The molecule has 0 aliphatic carbocycles. The number of benzene rings is 1. The minimum absolute atomic E-state index is 0.0989. The molecule has 2 rings (SSSR count). The molecule has 2 aromatic rings. The third kappa shape index (κ3) is 2.87. The first-order valence-corrected chi connectivity index (χ1v) is 5.76. The van der Waals surface area contributed by atoms with Crippen LogP contribution in [0, 0.1) is 21.4 Å². The average Bonchev–Trinajstić information content (AvgIpc) is 2.47. The highest BCUT2D eigenvalue weighted by molar-refractivity contribution is 5.62. The number of hydrogen-bond donors (Lipinski definition) is 0. The van der Waals surface area contributed by atoms with Crippen LogP contribution < -0.4 is 4.90 Å². The molecule has 0 aliphatic heterocycles. The smallest absolute Gasteiger partial charge is 0.270 e. The van der Waals surface area contributed by atoms with Crippen LogP contribution in [0.2, 0.25) is 0 Å². The van der Waals surface area contributed by atoms with Gasteiger partial charge in [0.05, 0.1) is 34.6 Å². The van der Waals surface area contributed by atoms with Gasteiger partial charge in [0.2, 0.25) is 0 Å². The monoisotopic (exact) mass is 269 g/mol. The van der Waals surface area contributed by atoms with Crippen molar-refractivity contribution < 1.29 is 4.92 Å². The Bertz CT molecular complexity index is 666. The number of rotatable bonds is 4. The van der Waals surface area contributed by atoms with Crippen LogP contribution in [0.4, 0.5) is 11.4 Å². The van der Waals surface area contributed by atoms with E-state index >= 15 is 0 Å². The molecular weight excluding hydrogens is 258 g/mol. The molecule has 0 N–H and O–H groups in total. The van der Waals surface area contributed by atoms with Crippen LogP contribution in [0.15, 0.2) is 36.8 Å². The van der Waals surface area contributed by atoms with Crippen molar-refractivity contribution in [1.29, 1.82) is 5.26 Å². The fraction of sp³-hybridized carbons (Fsp3) is 0.154. The maximum Gasteiger partial charge on any atom is 0.270 e. The Morgan fingerprint density at radius 1 is 1.45 bits per heavy atom. The Kier molecular flexibility index (Phi) is 3.86. The topological polar surface area (TPSA) is 95.9 Å². The fourth-order valence-corrected chi connectivity index (χ4v) is 1.80. The summed E-state index contributed by atoms with van der Waals surface area (Å²) in [5.74, 6) is 0. The molecule has 0 radical (unpaired) electrons. The van der Waals surface area contributed by atoms with E-state index in [1.807, 2.05) is 6.07 Å². The number of anilines is 1. The van der Waals surface area contributed by atoms with Crippen LogP contribution in [0.3, 0.4) is 0 Å². The first kappa shape index (κ1) is 13.4. The SMILES string of the molecule is CN(Cc1cnccn1)c1ccc([N+](=O)[O-])cc1C#N. The van der Waals surface area contributed by atoms with Gasteiger partial charge in [-0.2, -0.15) is 5.26 Å². The number of nitro groups is 1. The van der Waals surface area contributed by atoms with E-state index in [0.717, 1.165) is 5.69 Å². The van der Waals surface area contributed by atoms with Gasteiger partial charge in [0.15, 0.2) is 0 Å². The third-order valence-electron chi connectivity index (χ3n) is 2.74. The summed E-state index contributed by atoms with van der Waals surface area (Å²) in [6.45, 7) is 0.459. The lowest BCUT2D eigenvalue weighted by Crippen LogP contribution is -2.18. The van der Waals surface area contributed by atoms with Crippen molar-refractivity contribution >= 4 is 11.4 Å². The van der Waals surface area contributed by atoms with Crippen LogP contribution in [0.25, 0.3) is 0 Å². The summed E-state index contributed by atoms with van der Waals surface area (Å²) in [6.07, 6.45) is 4.80. The molecule has 0 spiro atoms. The molecule has 0 saturated heterocycles. The van der Waals surface area contributed by atoms with Crippen LogP contribution in [-0.2, 0) is 6.54 Å². The van der Waals surface area contributed by atoms with E-state index in [9.17, 15) is 10.1 Å². The lowest BCUT2D eigenvalue weighted by molar-refractivity contribution is -0.384. The summed E-state index contributed by atoms with van der Waals surface area (Å²) in [6, 6.07) is 6.18. The Morgan fingerprint density at radius 2 is 2.25 bits per heavy atom. The maximum absolute atomic E-state index is 10.7. The molecule has 100 valence electrons. The second-order valence-electron chi connectivity index (χ2n) is 4.12. The van der Waals surface area contributed by atoms with E-state index in [1.54, 1.807) is 36.6 Å². The molecule has 7 heteroatoms. The summed E-state index contributed by atoms with van der Waals surface area (Å²) in [5, 5.41) is 19.8. The van der Waals surface area contributed by atoms with Gasteiger partial charge in [0.25, 0.3) is 5.69 Å². The Labute approximate surface area is 115 Å². The van der Waals surface area contributed by atoms with E-state index in [2.05, 4.69) is 9.97 Å². The van der Waals surface area contributed by atoms with E-state index < -0.39 is 4.92 Å². The van der Waals surface area contributed by atoms with Crippen LogP contribution in [0.5, 0.6) is 0 Å². The van der Waals surface area contributed by atoms with Crippen molar-refractivity contribution in [3.63, 3.8) is 0 Å². The molecular formula is C13H11N5O2. The molecule has 1 aromatic heterocycles. The molecule has 1 aromatic carbocycles. The molecule has 0 unspecified atom stereocenters. The van der Waals surface area contributed by atoms with Gasteiger partial charge in [-0.15, -0.1) is 0 Å². The molecule has 7 nitrogen and oxygen atoms in total. The van der Waals surface area contributed by atoms with E-state index in [0.29, 0.717) is 12.2 Å². The van der Waals surface area contributed by atoms with Gasteiger partial charge in [-0.25, -0.2) is 0 Å². The van der Waals surface area contributed by atoms with E-state index in [1.165, 1.54) is 12.1 Å². The molecule has 0 aliphatic rings. The van der Waals surface area contributed by atoms with Gasteiger partial charge in [0, 0.05) is 31.6 Å². The standard InChI is InChI=1S/C13H11N5O2/c1-17(9-11-8-15-4-5-16-11)13-3-2-12(18(19)20)6-10(13)7-14/h2-6,8H,9H2,1H3. The number of nitrogens with zero attached hydrogens (tertiary/aromatic N) is 5. The van der Waals surface area contributed by atoms with Gasteiger partial charge < -0.3 is 4.90 Å². The third-order valence-corrected chi connectivity index (χ3v) is 2.74. The number of hydrogen-bond acceptors (Lipinski definition) is 6. The molecule has 0 saturated carbocycles. The zero-order chi connectivity index (χ0) is 14.5. The van der Waals surface area contributed by atoms with Crippen molar-refractivity contribution in [3.8, 4) is 6.07 Å². The Hall–Kier alpha value is -3.01. The molecule has 0 atom stereocenters. The molecule has 0 amide bonds. The largest absolute Gasteiger partial charge is 0.368 e. The number of nitro benzene ring substituents is 1. The number of nitriles is 1. The minimum Gasteiger partial charge on any atom is -0.368 e. The lowest BCUT2D eigenvalue weighted by atomic mass is 10.1. The highest BCUT2D eigenvalue weighted by atomic mass is 16.6. The summed E-state index contributed by atoms with van der Waals surface area (Å²) < 4.78 is 0. The number of aromatic nitrogens is 2. The molecule has 20 heavy (non-hydrogen) atoms. The van der Waals surface area contributed by atoms with Crippen LogP contribution in [0.1, 0.15) is 11.3 Å². The summed E-state index contributed by atoms with van der Waals surface area (Å²) in [5.41, 5.74) is 1.52. The Morgan fingerprint density at radius 3 is 2.85 bits per heavy atom. The van der Waals surface area contributed by atoms with Crippen molar-refractivity contribution in [2.24, 2.45) is 0 Å². The lowest BCUT2D eigenvalue weighted by Gasteiger charge is -2.19. The molecule has 1 heterocycles.